The van der Waals surface area contributed by atoms with Crippen LogP contribution in [0.2, 0.25) is 0 Å². The Balaban J connectivity index is 1.04. The first-order chi connectivity index (χ1) is 21.6. The highest BCUT2D eigenvalue weighted by atomic mass is 32.1. The number of fused-ring (bicyclic) bond motifs is 3. The van der Waals surface area contributed by atoms with E-state index in [2.05, 4.69) is 15.6 Å². The number of thiophene rings is 1. The van der Waals surface area contributed by atoms with Crippen LogP contribution in [0.25, 0.3) is 21.7 Å². The van der Waals surface area contributed by atoms with Crippen molar-refractivity contribution in [1.29, 1.82) is 0 Å². The first-order valence-corrected chi connectivity index (χ1v) is 16.2. The summed E-state index contributed by atoms with van der Waals surface area (Å²) in [5.74, 6) is -5.70. The normalized spacial score (nSPS) is 19.7. The van der Waals surface area contributed by atoms with E-state index in [0.717, 1.165) is 15.4 Å². The summed E-state index contributed by atoms with van der Waals surface area (Å²) in [5, 5.41) is 10.4. The quantitative estimate of drug-likeness (QED) is 0.293. The third-order valence-corrected chi connectivity index (χ3v) is 10.3. The number of likely N-dealkylation sites (tertiary alicyclic amines) is 1. The molecule has 2 N–H and O–H groups in total. The average molecular weight is 651 g/mol. The smallest absolute Gasteiger partial charge is 0.299 e. The standard InChI is InChI=1S/C32H28F2N4O5S2/c1-18(26-13-20(16-45-26)30-35-8-11-44-30)37-29(41)25-14-31(42-9-10-43-31)17-38(25)27(39)15-36-28(40)19-6-7-24-22(12-19)21-4-2-3-5-23(21)32(24,33)34/h2-8,11-13,16,18,25H,9-10,14-15,17H2,1H3,(H,36,40)(H,37,41)/t18-,25?/m1/s1. The van der Waals surface area contributed by atoms with Crippen LogP contribution in [0.4, 0.5) is 8.78 Å². The highest BCUT2D eigenvalue weighted by Crippen LogP contribution is 2.51. The summed E-state index contributed by atoms with van der Waals surface area (Å²) in [5.41, 5.74) is 1.50. The van der Waals surface area contributed by atoms with E-state index in [4.69, 9.17) is 9.47 Å². The van der Waals surface area contributed by atoms with Crippen LogP contribution in [0.15, 0.2) is 65.5 Å². The number of halogens is 2. The molecule has 4 heterocycles. The van der Waals surface area contributed by atoms with Gasteiger partial charge in [-0.25, -0.2) is 4.98 Å². The van der Waals surface area contributed by atoms with Crippen molar-refractivity contribution in [2.24, 2.45) is 0 Å². The molecular formula is C32H28F2N4O5S2. The average Bonchev–Trinajstić information content (AvgIpc) is 3.88. The van der Waals surface area contributed by atoms with E-state index in [-0.39, 0.29) is 47.2 Å². The number of thiazole rings is 1. The summed E-state index contributed by atoms with van der Waals surface area (Å²) >= 11 is 3.05. The number of ether oxygens (including phenoxy) is 2. The lowest BCUT2D eigenvalue weighted by Crippen LogP contribution is -2.49. The minimum absolute atomic E-state index is 0.0338. The molecule has 1 aliphatic carbocycles. The molecule has 45 heavy (non-hydrogen) atoms. The fraction of sp³-hybridized carbons (Fsp3) is 0.312. The third kappa shape index (κ3) is 5.33. The maximum absolute atomic E-state index is 14.9. The highest BCUT2D eigenvalue weighted by molar-refractivity contribution is 7.14. The number of nitrogens with one attached hydrogen (secondary N) is 2. The third-order valence-electron chi connectivity index (χ3n) is 8.39. The molecular weight excluding hydrogens is 623 g/mol. The van der Waals surface area contributed by atoms with Gasteiger partial charge in [-0.2, -0.15) is 8.78 Å². The van der Waals surface area contributed by atoms with Gasteiger partial charge >= 0.3 is 0 Å². The lowest BCUT2D eigenvalue weighted by Gasteiger charge is -2.25. The van der Waals surface area contributed by atoms with E-state index in [9.17, 15) is 23.2 Å². The Morgan fingerprint density at radius 3 is 2.62 bits per heavy atom. The van der Waals surface area contributed by atoms with Crippen molar-refractivity contribution in [1.82, 2.24) is 20.5 Å². The Morgan fingerprint density at radius 1 is 1.07 bits per heavy atom. The van der Waals surface area contributed by atoms with E-state index >= 15 is 0 Å². The lowest BCUT2D eigenvalue weighted by molar-refractivity contribution is -0.152. The van der Waals surface area contributed by atoms with Crippen LogP contribution in [0.1, 0.15) is 45.7 Å². The lowest BCUT2D eigenvalue weighted by atomic mass is 10.0. The van der Waals surface area contributed by atoms with Crippen LogP contribution < -0.4 is 10.6 Å². The Bertz CT molecular complexity index is 1790. The van der Waals surface area contributed by atoms with Crippen LogP contribution in [0.5, 0.6) is 0 Å². The van der Waals surface area contributed by atoms with Gasteiger partial charge in [-0.1, -0.05) is 30.3 Å². The van der Waals surface area contributed by atoms with Gasteiger partial charge in [-0.15, -0.1) is 22.7 Å². The first-order valence-electron chi connectivity index (χ1n) is 14.4. The molecule has 3 amide bonds. The first kappa shape index (κ1) is 29.7. The Morgan fingerprint density at radius 2 is 1.84 bits per heavy atom. The fourth-order valence-electron chi connectivity index (χ4n) is 6.16. The van der Waals surface area contributed by atoms with Gasteiger partial charge in [0, 0.05) is 50.5 Å². The van der Waals surface area contributed by atoms with Gasteiger partial charge in [0.15, 0.2) is 5.79 Å². The molecule has 0 radical (unpaired) electrons. The van der Waals surface area contributed by atoms with Crippen molar-refractivity contribution in [2.45, 2.75) is 37.1 Å². The summed E-state index contributed by atoms with van der Waals surface area (Å²) in [4.78, 5) is 46.8. The van der Waals surface area contributed by atoms with Crippen molar-refractivity contribution < 1.29 is 32.6 Å². The monoisotopic (exact) mass is 650 g/mol. The van der Waals surface area contributed by atoms with Crippen LogP contribution in [-0.2, 0) is 25.0 Å². The number of alkyl halides is 2. The van der Waals surface area contributed by atoms with Crippen molar-refractivity contribution >= 4 is 40.4 Å². The minimum atomic E-state index is -3.16. The van der Waals surface area contributed by atoms with E-state index in [1.54, 1.807) is 24.4 Å². The Labute approximate surface area is 265 Å². The topological polar surface area (TPSA) is 110 Å². The van der Waals surface area contributed by atoms with Gasteiger partial charge in [0.2, 0.25) is 11.8 Å². The number of amides is 3. The minimum Gasteiger partial charge on any atom is -0.347 e. The molecule has 2 fully saturated rings. The summed E-state index contributed by atoms with van der Waals surface area (Å²) in [6, 6.07) is 11.0. The number of hydrogen-bond acceptors (Lipinski definition) is 8. The van der Waals surface area contributed by atoms with E-state index in [1.807, 2.05) is 23.8 Å². The Hall–Kier alpha value is -4.04. The fourth-order valence-corrected chi connectivity index (χ4v) is 7.76. The summed E-state index contributed by atoms with van der Waals surface area (Å²) < 4.78 is 41.6. The second-order valence-corrected chi connectivity index (χ2v) is 13.1. The molecule has 1 spiro atoms. The molecule has 0 saturated carbocycles. The van der Waals surface area contributed by atoms with Crippen LogP contribution >= 0.6 is 22.7 Å². The van der Waals surface area contributed by atoms with Gasteiger partial charge in [0.25, 0.3) is 11.8 Å². The molecule has 2 saturated heterocycles. The van der Waals surface area contributed by atoms with Crippen LogP contribution in [0.3, 0.4) is 0 Å². The summed E-state index contributed by atoms with van der Waals surface area (Å²) in [7, 11) is 0. The maximum Gasteiger partial charge on any atom is 0.299 e. The molecule has 7 rings (SSSR count). The maximum atomic E-state index is 14.9. The molecule has 1 unspecified atom stereocenters. The van der Waals surface area contributed by atoms with Crippen molar-refractivity contribution in [3.8, 4) is 21.7 Å². The molecule has 9 nitrogen and oxygen atoms in total. The zero-order valence-electron chi connectivity index (χ0n) is 24.0. The SMILES string of the molecule is C[C@@H](NC(=O)C1CC2(CN1C(=O)CNC(=O)c1ccc3c(c1)-c1ccccc1C3(F)F)OCCO2)c1cc(-c2nccs2)cs1. The van der Waals surface area contributed by atoms with Crippen LogP contribution in [-0.4, -0.2) is 65.7 Å². The number of benzene rings is 2. The Kier molecular flexibility index (Phi) is 7.51. The zero-order valence-corrected chi connectivity index (χ0v) is 25.7. The molecule has 2 aromatic carbocycles. The summed E-state index contributed by atoms with van der Waals surface area (Å²) in [6.07, 6.45) is 1.89. The molecule has 0 bridgehead atoms. The molecule has 3 aliphatic rings. The largest absolute Gasteiger partial charge is 0.347 e. The number of hydrogen-bond donors (Lipinski definition) is 2. The van der Waals surface area contributed by atoms with Crippen molar-refractivity contribution in [2.75, 3.05) is 26.3 Å². The number of aromatic nitrogens is 1. The molecule has 232 valence electrons. The number of carbonyl (C=O) groups excluding carboxylic acids is 3. The molecule has 2 aromatic heterocycles. The van der Waals surface area contributed by atoms with E-state index < -0.39 is 36.1 Å². The summed E-state index contributed by atoms with van der Waals surface area (Å²) in [6.45, 7) is 2.20. The van der Waals surface area contributed by atoms with E-state index in [1.165, 1.54) is 51.8 Å². The second-order valence-electron chi connectivity index (χ2n) is 11.2. The molecule has 2 aliphatic heterocycles. The highest BCUT2D eigenvalue weighted by Gasteiger charge is 2.52. The van der Waals surface area contributed by atoms with Gasteiger partial charge < -0.3 is 25.0 Å². The van der Waals surface area contributed by atoms with Crippen molar-refractivity contribution in [3.05, 3.63) is 87.1 Å². The zero-order chi connectivity index (χ0) is 31.3. The van der Waals surface area contributed by atoms with Gasteiger partial charge in [-0.3, -0.25) is 14.4 Å². The second kappa shape index (κ2) is 11.4. The molecule has 4 aromatic rings. The number of nitrogens with zero attached hydrogens (tertiary/aromatic N) is 2. The van der Waals surface area contributed by atoms with Crippen LogP contribution in [0, 0.1) is 0 Å². The number of carbonyl (C=O) groups is 3. The van der Waals surface area contributed by atoms with Gasteiger partial charge in [0.05, 0.1) is 32.3 Å². The molecule has 2 atom stereocenters. The van der Waals surface area contributed by atoms with E-state index in [0.29, 0.717) is 18.8 Å². The predicted octanol–water partition coefficient (Wildman–Crippen LogP) is 4.94. The van der Waals surface area contributed by atoms with Gasteiger partial charge in [0.1, 0.15) is 11.0 Å². The molecule has 13 heteroatoms. The van der Waals surface area contributed by atoms with Crippen molar-refractivity contribution in [3.63, 3.8) is 0 Å². The predicted molar refractivity (Wildman–Crippen MR) is 164 cm³/mol. The number of rotatable bonds is 7. The van der Waals surface area contributed by atoms with Gasteiger partial charge in [-0.05, 0) is 36.2 Å².